The number of halogens is 3. The fourth-order valence-electron chi connectivity index (χ4n) is 9.25. The normalized spacial score (nSPS) is 15.6. The highest BCUT2D eigenvalue weighted by Crippen LogP contribution is 2.38. The number of aromatic nitrogens is 4. The number of nitrogens with zero attached hydrogens (tertiary/aromatic N) is 8. The number of hydrogen-bond acceptors (Lipinski definition) is 16. The summed E-state index contributed by atoms with van der Waals surface area (Å²) < 4.78 is 63.6. The van der Waals surface area contributed by atoms with Crippen LogP contribution in [-0.2, 0) is 18.8 Å². The van der Waals surface area contributed by atoms with E-state index in [0.717, 1.165) is 79.0 Å². The van der Waals surface area contributed by atoms with Crippen LogP contribution < -0.4 is 16.1 Å². The SMILES string of the molecule is C.CC1(C)OB(c2ccc(NC3CCOCC3)c(C#N)c2)OC1(C)C.CN(C)C(=O)c1cnc(-c2cc3nccc(-c4ccc(NC5CCOCC5)c(C#N)c4)c3o2)c(F)c1.CN(C)C(=O)c1cnc(-c2cc3nccc(Cl)c3o2)c(F)c1. The largest absolute Gasteiger partial charge is 0.494 e. The quantitative estimate of drug-likeness (QED) is 0.121. The van der Waals surface area contributed by atoms with Crippen LogP contribution in [0.5, 0.6) is 0 Å². The molecule has 83 heavy (non-hydrogen) atoms. The number of ether oxygens (including phenoxy) is 2. The van der Waals surface area contributed by atoms with Crippen molar-refractivity contribution in [2.24, 2.45) is 0 Å². The van der Waals surface area contributed by atoms with Crippen molar-refractivity contribution in [2.75, 3.05) is 65.3 Å². The maximum atomic E-state index is 14.9. The topological polar surface area (TPSA) is 227 Å². The van der Waals surface area contributed by atoms with E-state index in [9.17, 15) is 28.9 Å². The predicted octanol–water partition coefficient (Wildman–Crippen LogP) is 11.3. The average Bonchev–Trinajstić information content (AvgIpc) is 4.40. The van der Waals surface area contributed by atoms with E-state index in [1.54, 1.807) is 64.7 Å². The molecule has 2 aromatic carbocycles. The molecule has 0 spiro atoms. The standard InChI is InChI=1S/C27H24FN5O3.C18H25BN2O3.C15H11ClFN3O2.CH4/c1-33(2)27(34)18-12-21(28)25(31-15-18)24-13-23-26(36-24)20(5-8-30-23)16-3-4-22(17(11-16)14-29)32-19-6-9-35-10-7-19;1-17(2)18(3,4)24-19(23-17)14-5-6-16(13(11-14)12-20)21-15-7-9-22-10-8-15;1-20(2)15(21)8-5-10(17)13(19-7-8)12-6-11-14(22-12)9(16)3-4-18-11;/h3-5,8,11-13,15,19,32H,6-7,9-10H2,1-2H3;5-6,11,15,21H,7-10H2,1-4H3;3-7H,1-2H3;1H4. The molecule has 6 aromatic heterocycles. The summed E-state index contributed by atoms with van der Waals surface area (Å²) in [5.41, 5.74) is 6.55. The van der Waals surface area contributed by atoms with Gasteiger partial charge in [0, 0.05) is 109 Å². The zero-order chi connectivity index (χ0) is 58.5. The molecule has 430 valence electrons. The highest BCUT2D eigenvalue weighted by Gasteiger charge is 2.51. The van der Waals surface area contributed by atoms with Gasteiger partial charge in [0.1, 0.15) is 34.6 Å². The molecule has 3 saturated heterocycles. The monoisotopic (exact) mass is 1150 g/mol. The second-order valence-electron chi connectivity index (χ2n) is 21.2. The molecule has 8 aromatic rings. The van der Waals surface area contributed by atoms with Gasteiger partial charge in [-0.1, -0.05) is 31.2 Å². The molecule has 0 bridgehead atoms. The Balaban J connectivity index is 0.000000169. The molecule has 3 aliphatic rings. The molecule has 0 unspecified atom stereocenters. The van der Waals surface area contributed by atoms with Gasteiger partial charge < -0.3 is 48.1 Å². The third-order valence-electron chi connectivity index (χ3n) is 14.5. The lowest BCUT2D eigenvalue weighted by atomic mass is 9.78. The van der Waals surface area contributed by atoms with Crippen molar-refractivity contribution >= 4 is 69.6 Å². The van der Waals surface area contributed by atoms with Crippen LogP contribution >= 0.6 is 11.6 Å². The summed E-state index contributed by atoms with van der Waals surface area (Å²) in [7, 11) is 5.90. The summed E-state index contributed by atoms with van der Waals surface area (Å²) in [4.78, 5) is 43.2. The molecule has 0 aliphatic carbocycles. The number of amides is 2. The van der Waals surface area contributed by atoms with E-state index < -0.39 is 18.8 Å². The molecule has 0 atom stereocenters. The van der Waals surface area contributed by atoms with Gasteiger partial charge >= 0.3 is 7.12 Å². The zero-order valence-corrected chi connectivity index (χ0v) is 47.4. The number of pyridine rings is 4. The minimum Gasteiger partial charge on any atom is -0.452 e. The highest BCUT2D eigenvalue weighted by molar-refractivity contribution is 6.62. The number of rotatable bonds is 10. The second-order valence-corrected chi connectivity index (χ2v) is 21.7. The lowest BCUT2D eigenvalue weighted by molar-refractivity contribution is 0.00578. The summed E-state index contributed by atoms with van der Waals surface area (Å²) in [6, 6.07) is 25.4. The third kappa shape index (κ3) is 13.6. The molecule has 3 aliphatic heterocycles. The molecular formula is C61H64BClF2N10O8. The molecular weight excluding hydrogens is 1080 g/mol. The van der Waals surface area contributed by atoms with Crippen LogP contribution in [0.4, 0.5) is 20.2 Å². The molecule has 2 amide bonds. The molecule has 0 saturated carbocycles. The number of nitrogens with one attached hydrogen (secondary N) is 2. The van der Waals surface area contributed by atoms with Gasteiger partial charge in [-0.05, 0) is 113 Å². The second kappa shape index (κ2) is 25.9. The van der Waals surface area contributed by atoms with Crippen LogP contribution in [0.2, 0.25) is 5.02 Å². The third-order valence-corrected chi connectivity index (χ3v) is 14.8. The Morgan fingerprint density at radius 3 is 1.57 bits per heavy atom. The van der Waals surface area contributed by atoms with Crippen molar-refractivity contribution < 1.29 is 46.0 Å². The number of anilines is 2. The number of fused-ring (bicyclic) bond motifs is 2. The van der Waals surface area contributed by atoms with Crippen molar-refractivity contribution in [3.8, 4) is 46.2 Å². The van der Waals surface area contributed by atoms with Crippen molar-refractivity contribution in [1.29, 1.82) is 10.5 Å². The number of furan rings is 2. The van der Waals surface area contributed by atoms with Crippen molar-refractivity contribution in [3.63, 3.8) is 0 Å². The van der Waals surface area contributed by atoms with Gasteiger partial charge in [0.2, 0.25) is 0 Å². The van der Waals surface area contributed by atoms with Crippen LogP contribution in [0, 0.1) is 34.3 Å². The Morgan fingerprint density at radius 1 is 0.639 bits per heavy atom. The fraction of sp³-hybridized carbons (Fsp3) is 0.344. The Bertz CT molecular complexity index is 3740. The van der Waals surface area contributed by atoms with E-state index in [1.807, 2.05) is 58.0 Å². The Hall–Kier alpha value is -8.31. The number of nitriles is 2. The zero-order valence-electron chi connectivity index (χ0n) is 46.6. The van der Waals surface area contributed by atoms with Gasteiger partial charge in [0.15, 0.2) is 34.3 Å². The summed E-state index contributed by atoms with van der Waals surface area (Å²) in [6.07, 6.45) is 9.51. The summed E-state index contributed by atoms with van der Waals surface area (Å²) in [5, 5.41) is 26.6. The lowest BCUT2D eigenvalue weighted by Gasteiger charge is -2.32. The van der Waals surface area contributed by atoms with Crippen molar-refractivity contribution in [2.45, 2.75) is 84.1 Å². The lowest BCUT2D eigenvalue weighted by Crippen LogP contribution is -2.41. The first-order chi connectivity index (χ1) is 39.2. The van der Waals surface area contributed by atoms with Gasteiger partial charge in [-0.3, -0.25) is 19.6 Å². The Labute approximate surface area is 485 Å². The summed E-state index contributed by atoms with van der Waals surface area (Å²) >= 11 is 6.00. The van der Waals surface area contributed by atoms with Crippen LogP contribution in [-0.4, -0.2) is 127 Å². The number of benzene rings is 2. The Morgan fingerprint density at radius 2 is 1.10 bits per heavy atom. The number of carbonyl (C=O) groups excluding carboxylic acids is 2. The highest BCUT2D eigenvalue weighted by atomic mass is 35.5. The average molecular weight is 1150 g/mol. The molecule has 0 radical (unpaired) electrons. The molecule has 2 N–H and O–H groups in total. The minimum absolute atomic E-state index is 0. The molecule has 18 nitrogen and oxygen atoms in total. The molecule has 9 heterocycles. The van der Waals surface area contributed by atoms with Crippen molar-refractivity contribution in [3.05, 3.63) is 136 Å². The molecule has 11 rings (SSSR count). The summed E-state index contributed by atoms with van der Waals surface area (Å²) in [6.45, 7) is 11.1. The molecule has 3 fully saturated rings. The van der Waals surface area contributed by atoms with E-state index in [4.69, 9.17) is 39.2 Å². The predicted molar refractivity (Wildman–Crippen MR) is 314 cm³/mol. The van der Waals surface area contributed by atoms with Gasteiger partial charge in [-0.2, -0.15) is 10.5 Å². The maximum Gasteiger partial charge on any atom is 0.494 e. The molecule has 22 heteroatoms. The van der Waals surface area contributed by atoms with Crippen LogP contribution in [0.3, 0.4) is 0 Å². The van der Waals surface area contributed by atoms with E-state index in [1.165, 1.54) is 28.4 Å². The van der Waals surface area contributed by atoms with Gasteiger partial charge in [0.25, 0.3) is 11.8 Å². The minimum atomic E-state index is -0.668. The van der Waals surface area contributed by atoms with E-state index in [-0.39, 0.29) is 70.5 Å². The van der Waals surface area contributed by atoms with Crippen molar-refractivity contribution in [1.82, 2.24) is 29.7 Å². The van der Waals surface area contributed by atoms with Crippen LogP contribution in [0.1, 0.15) is 92.6 Å². The first-order valence-electron chi connectivity index (χ1n) is 26.5. The van der Waals surface area contributed by atoms with Crippen LogP contribution in [0.15, 0.2) is 106 Å². The number of carbonyl (C=O) groups is 2. The smallest absolute Gasteiger partial charge is 0.452 e. The fourth-order valence-corrected chi connectivity index (χ4v) is 9.45. The van der Waals surface area contributed by atoms with Gasteiger partial charge in [0.05, 0.1) is 49.9 Å². The van der Waals surface area contributed by atoms with E-state index >= 15 is 0 Å². The first kappa shape index (κ1) is 60.8. The van der Waals surface area contributed by atoms with E-state index in [0.29, 0.717) is 57.6 Å². The van der Waals surface area contributed by atoms with Gasteiger partial charge in [-0.25, -0.2) is 18.7 Å². The van der Waals surface area contributed by atoms with Crippen LogP contribution in [0.25, 0.3) is 56.2 Å². The Kier molecular flexibility index (Phi) is 18.9. The maximum absolute atomic E-state index is 14.9. The first-order valence-corrected chi connectivity index (χ1v) is 26.9. The van der Waals surface area contributed by atoms with Gasteiger partial charge in [-0.15, -0.1) is 0 Å². The number of hydrogen-bond donors (Lipinski definition) is 2. The van der Waals surface area contributed by atoms with E-state index in [2.05, 4.69) is 42.7 Å². The summed E-state index contributed by atoms with van der Waals surface area (Å²) in [5.74, 6) is -1.58.